The average Bonchev–Trinajstić information content (AvgIpc) is 2.92. The van der Waals surface area contributed by atoms with Crippen LogP contribution in [0, 0.1) is 22.2 Å². The van der Waals surface area contributed by atoms with Gasteiger partial charge in [-0.25, -0.2) is 4.79 Å². The first kappa shape index (κ1) is 14.6. The summed E-state index contributed by atoms with van der Waals surface area (Å²) >= 11 is 2.98. The second kappa shape index (κ2) is 4.11. The van der Waals surface area contributed by atoms with Crippen LogP contribution in [0.3, 0.4) is 0 Å². The molecule has 0 amide bonds. The summed E-state index contributed by atoms with van der Waals surface area (Å²) in [6.45, 7) is 4.63. The summed E-state index contributed by atoms with van der Waals surface area (Å²) in [6.07, 6.45) is 6.84. The fourth-order valence-electron chi connectivity index (χ4n) is 5.35. The van der Waals surface area contributed by atoms with Crippen molar-refractivity contribution in [2.45, 2.75) is 57.6 Å². The van der Waals surface area contributed by atoms with Gasteiger partial charge in [-0.3, -0.25) is 0 Å². The standard InChI is InChI=1S/C15H22F2O2S/c1-3-12-4-10(2)5-13(8-14(13,6-12)7-12)9-19-11(18)15(16,17)20/h10,20H,3-9H2,1-2H3. The van der Waals surface area contributed by atoms with Crippen LogP contribution >= 0.6 is 12.6 Å². The van der Waals surface area contributed by atoms with Crippen LogP contribution in [0.2, 0.25) is 0 Å². The van der Waals surface area contributed by atoms with Gasteiger partial charge in [0.25, 0.3) is 0 Å². The molecule has 0 aromatic heterocycles. The van der Waals surface area contributed by atoms with Crippen LogP contribution in [-0.4, -0.2) is 17.8 Å². The van der Waals surface area contributed by atoms with E-state index in [4.69, 9.17) is 4.74 Å². The Balaban J connectivity index is 1.68. The lowest BCUT2D eigenvalue weighted by atomic mass is 9.55. The van der Waals surface area contributed by atoms with Crippen LogP contribution in [0.5, 0.6) is 0 Å². The van der Waals surface area contributed by atoms with Crippen molar-refractivity contribution in [3.8, 4) is 0 Å². The highest BCUT2D eigenvalue weighted by Crippen LogP contribution is 2.84. The summed E-state index contributed by atoms with van der Waals surface area (Å²) in [5.74, 6) is -0.924. The van der Waals surface area contributed by atoms with Crippen LogP contribution < -0.4 is 0 Å². The number of carbonyl (C=O) groups excluding carboxylic acids is 1. The number of ether oxygens (including phenoxy) is 1. The van der Waals surface area contributed by atoms with E-state index in [0.717, 1.165) is 12.8 Å². The van der Waals surface area contributed by atoms with Gasteiger partial charge in [0, 0.05) is 5.41 Å². The van der Waals surface area contributed by atoms with E-state index in [1.165, 1.54) is 25.7 Å². The molecule has 4 aliphatic rings. The lowest BCUT2D eigenvalue weighted by molar-refractivity contribution is -0.163. The third-order valence-corrected chi connectivity index (χ3v) is 6.28. The van der Waals surface area contributed by atoms with Gasteiger partial charge in [0.2, 0.25) is 0 Å². The molecule has 0 N–H and O–H groups in total. The fourth-order valence-corrected chi connectivity index (χ4v) is 5.41. The highest BCUT2D eigenvalue weighted by Gasteiger charge is 2.77. The van der Waals surface area contributed by atoms with Gasteiger partial charge in [0.15, 0.2) is 0 Å². The minimum Gasteiger partial charge on any atom is -0.460 e. The minimum absolute atomic E-state index is 0.0315. The van der Waals surface area contributed by atoms with Gasteiger partial charge < -0.3 is 4.74 Å². The Morgan fingerprint density at radius 3 is 2.55 bits per heavy atom. The summed E-state index contributed by atoms with van der Waals surface area (Å²) in [7, 11) is 0. The molecule has 4 saturated carbocycles. The Bertz CT molecular complexity index is 440. The topological polar surface area (TPSA) is 26.3 Å². The number of thiol groups is 1. The second-order valence-corrected chi connectivity index (χ2v) is 8.14. The molecule has 1 spiro atoms. The maximum absolute atomic E-state index is 12.8. The number of fused-ring (bicyclic) bond motifs is 2. The van der Waals surface area contributed by atoms with Gasteiger partial charge in [-0.2, -0.15) is 8.78 Å². The average molecular weight is 304 g/mol. The Hall–Kier alpha value is -0.320. The van der Waals surface area contributed by atoms with E-state index in [0.29, 0.717) is 11.3 Å². The van der Waals surface area contributed by atoms with Crippen LogP contribution in [-0.2, 0) is 9.53 Å². The van der Waals surface area contributed by atoms with Crippen molar-refractivity contribution in [3.63, 3.8) is 0 Å². The quantitative estimate of drug-likeness (QED) is 0.626. The number of carbonyl (C=O) groups is 1. The third kappa shape index (κ3) is 1.99. The van der Waals surface area contributed by atoms with Crippen molar-refractivity contribution < 1.29 is 18.3 Å². The molecule has 4 aliphatic carbocycles. The molecule has 0 aromatic carbocycles. The third-order valence-electron chi connectivity index (χ3n) is 6.10. The van der Waals surface area contributed by atoms with Gasteiger partial charge in [-0.05, 0) is 48.9 Å². The molecule has 114 valence electrons. The van der Waals surface area contributed by atoms with Gasteiger partial charge in [-0.15, -0.1) is 0 Å². The predicted octanol–water partition coefficient (Wildman–Crippen LogP) is 4.05. The van der Waals surface area contributed by atoms with Gasteiger partial charge in [0.1, 0.15) is 0 Å². The molecule has 0 saturated heterocycles. The number of esters is 1. The van der Waals surface area contributed by atoms with Gasteiger partial charge in [0.05, 0.1) is 6.61 Å². The minimum atomic E-state index is -3.68. The highest BCUT2D eigenvalue weighted by atomic mass is 32.1. The molecule has 0 heterocycles. The SMILES string of the molecule is CCC12CC(C)CC3(COC(=O)C(F)(F)S)CC3(C1)C2. The van der Waals surface area contributed by atoms with Crippen molar-refractivity contribution >= 4 is 18.6 Å². The molecule has 4 rings (SSSR count). The summed E-state index contributed by atoms with van der Waals surface area (Å²) in [6, 6.07) is 0. The zero-order chi connectivity index (χ0) is 14.8. The van der Waals surface area contributed by atoms with Crippen LogP contribution in [0.15, 0.2) is 0 Å². The van der Waals surface area contributed by atoms with E-state index < -0.39 is 11.2 Å². The molecule has 2 unspecified atom stereocenters. The van der Waals surface area contributed by atoms with E-state index in [9.17, 15) is 13.6 Å². The van der Waals surface area contributed by atoms with Crippen LogP contribution in [0.1, 0.15) is 52.4 Å². The molecule has 2 atom stereocenters. The molecule has 4 fully saturated rings. The summed E-state index contributed by atoms with van der Waals surface area (Å²) in [5, 5.41) is -3.68. The van der Waals surface area contributed by atoms with Crippen LogP contribution in [0.4, 0.5) is 8.78 Å². The fraction of sp³-hybridized carbons (Fsp3) is 0.933. The number of rotatable bonds is 4. The molecular formula is C15H22F2O2S. The van der Waals surface area contributed by atoms with Gasteiger partial charge in [-0.1, -0.05) is 32.9 Å². The van der Waals surface area contributed by atoms with E-state index in [-0.39, 0.29) is 17.4 Å². The Labute approximate surface area is 124 Å². The molecule has 20 heavy (non-hydrogen) atoms. The lowest BCUT2D eigenvalue weighted by Crippen LogP contribution is -2.40. The summed E-state index contributed by atoms with van der Waals surface area (Å²) in [5.41, 5.74) is 0.714. The van der Waals surface area contributed by atoms with E-state index in [1.807, 2.05) is 0 Å². The van der Waals surface area contributed by atoms with Crippen molar-refractivity contribution in [1.82, 2.24) is 0 Å². The molecule has 2 bridgehead atoms. The lowest BCUT2D eigenvalue weighted by Gasteiger charge is -2.49. The highest BCUT2D eigenvalue weighted by molar-refractivity contribution is 7.82. The molecule has 0 aromatic rings. The maximum Gasteiger partial charge on any atom is 0.388 e. The predicted molar refractivity (Wildman–Crippen MR) is 74.7 cm³/mol. The normalized spacial score (nSPS) is 46.0. The van der Waals surface area contributed by atoms with E-state index >= 15 is 0 Å². The molecule has 0 radical (unpaired) electrons. The Morgan fingerprint density at radius 2 is 2.00 bits per heavy atom. The summed E-state index contributed by atoms with van der Waals surface area (Å²) in [4.78, 5) is 11.2. The van der Waals surface area contributed by atoms with Crippen molar-refractivity contribution in [2.24, 2.45) is 22.2 Å². The first-order chi connectivity index (χ1) is 9.16. The first-order valence-corrected chi connectivity index (χ1v) is 7.88. The molecular weight excluding hydrogens is 282 g/mol. The van der Waals surface area contributed by atoms with E-state index in [2.05, 4.69) is 26.5 Å². The summed E-state index contributed by atoms with van der Waals surface area (Å²) < 4.78 is 30.4. The molecule has 5 heteroatoms. The smallest absolute Gasteiger partial charge is 0.388 e. The zero-order valence-corrected chi connectivity index (χ0v) is 12.9. The van der Waals surface area contributed by atoms with Crippen molar-refractivity contribution in [3.05, 3.63) is 0 Å². The first-order valence-electron chi connectivity index (χ1n) is 7.43. The largest absolute Gasteiger partial charge is 0.460 e. The van der Waals surface area contributed by atoms with Crippen molar-refractivity contribution in [2.75, 3.05) is 6.61 Å². The number of halogens is 2. The zero-order valence-electron chi connectivity index (χ0n) is 12.0. The number of hydrogen-bond donors (Lipinski definition) is 1. The monoisotopic (exact) mass is 304 g/mol. The molecule has 2 nitrogen and oxygen atoms in total. The van der Waals surface area contributed by atoms with Crippen LogP contribution in [0.25, 0.3) is 0 Å². The van der Waals surface area contributed by atoms with E-state index in [1.54, 1.807) is 0 Å². The van der Waals surface area contributed by atoms with Gasteiger partial charge >= 0.3 is 11.2 Å². The number of hydrogen-bond acceptors (Lipinski definition) is 3. The Kier molecular flexibility index (Phi) is 3.00. The second-order valence-electron chi connectivity index (χ2n) is 7.58. The van der Waals surface area contributed by atoms with Crippen molar-refractivity contribution in [1.29, 1.82) is 0 Å². The maximum atomic E-state index is 12.8. The molecule has 0 aliphatic heterocycles. The number of alkyl halides is 2. The Morgan fingerprint density at radius 1 is 1.35 bits per heavy atom.